The molecule has 1 N–H and O–H groups in total. The van der Waals surface area contributed by atoms with Crippen molar-refractivity contribution in [2.45, 2.75) is 0 Å². The summed E-state index contributed by atoms with van der Waals surface area (Å²) in [6, 6.07) is 0. The third-order valence-electron chi connectivity index (χ3n) is 1.97. The van der Waals surface area contributed by atoms with Gasteiger partial charge >= 0.3 is 0 Å². The highest BCUT2D eigenvalue weighted by atomic mass is 32.1. The van der Waals surface area contributed by atoms with Crippen molar-refractivity contribution in [3.05, 3.63) is 12.4 Å². The lowest BCUT2D eigenvalue weighted by Crippen LogP contribution is -2.06. The second-order valence-electron chi connectivity index (χ2n) is 3.25. The second-order valence-corrected chi connectivity index (χ2v) is 4.00. The van der Waals surface area contributed by atoms with E-state index >= 15 is 0 Å². The summed E-state index contributed by atoms with van der Waals surface area (Å²) in [5, 5.41) is 8.02. The number of aromatic nitrogens is 4. The minimum atomic E-state index is 0.655. The zero-order valence-corrected chi connectivity index (χ0v) is 9.99. The molecular formula is C9H13N5OS. The fourth-order valence-electron chi connectivity index (χ4n) is 1.21. The zero-order valence-electron chi connectivity index (χ0n) is 9.17. The van der Waals surface area contributed by atoms with Gasteiger partial charge in [0.25, 0.3) is 0 Å². The number of ether oxygens (including phenoxy) is 1. The van der Waals surface area contributed by atoms with E-state index in [-0.39, 0.29) is 0 Å². The van der Waals surface area contributed by atoms with Crippen LogP contribution in [0.2, 0.25) is 0 Å². The van der Waals surface area contributed by atoms with Gasteiger partial charge in [0.05, 0.1) is 18.4 Å². The molecule has 0 saturated heterocycles. The number of anilines is 1. The third-order valence-corrected chi connectivity index (χ3v) is 2.64. The number of aryl methyl sites for hydroxylation is 1. The zero-order chi connectivity index (χ0) is 11.4. The van der Waals surface area contributed by atoms with Crippen molar-refractivity contribution >= 4 is 16.7 Å². The number of hydrogen-bond acceptors (Lipinski definition) is 6. The van der Waals surface area contributed by atoms with Gasteiger partial charge in [-0.1, -0.05) is 0 Å². The lowest BCUT2D eigenvalue weighted by Gasteiger charge is -1.98. The Morgan fingerprint density at radius 1 is 1.56 bits per heavy atom. The summed E-state index contributed by atoms with van der Waals surface area (Å²) in [6.07, 6.45) is 3.64. The first-order valence-corrected chi connectivity index (χ1v) is 5.62. The highest BCUT2D eigenvalue weighted by molar-refractivity contribution is 7.09. The van der Waals surface area contributed by atoms with E-state index < -0.39 is 0 Å². The standard InChI is InChI=1S/C9H13N5OS/c1-14-6-7(5-11-14)8-12-9(16-13-8)10-3-4-15-2/h5-6H,3-4H2,1-2H3,(H,10,12,13). The molecule has 2 rings (SSSR count). The normalized spacial score (nSPS) is 10.6. The van der Waals surface area contributed by atoms with Gasteiger partial charge in [0.15, 0.2) is 5.82 Å². The largest absolute Gasteiger partial charge is 0.383 e. The molecule has 2 aromatic rings. The van der Waals surface area contributed by atoms with Crippen LogP contribution in [0.3, 0.4) is 0 Å². The Hall–Kier alpha value is -1.47. The van der Waals surface area contributed by atoms with Gasteiger partial charge < -0.3 is 10.1 Å². The van der Waals surface area contributed by atoms with Crippen LogP contribution in [-0.2, 0) is 11.8 Å². The molecule has 0 radical (unpaired) electrons. The molecule has 2 heterocycles. The van der Waals surface area contributed by atoms with Crippen LogP contribution in [0.15, 0.2) is 12.4 Å². The molecule has 0 fully saturated rings. The molecule has 16 heavy (non-hydrogen) atoms. The maximum atomic E-state index is 4.94. The lowest BCUT2D eigenvalue weighted by molar-refractivity contribution is 0.211. The maximum Gasteiger partial charge on any atom is 0.202 e. The van der Waals surface area contributed by atoms with Crippen LogP contribution in [0.25, 0.3) is 11.4 Å². The second kappa shape index (κ2) is 5.04. The summed E-state index contributed by atoms with van der Waals surface area (Å²) in [5.41, 5.74) is 0.929. The Morgan fingerprint density at radius 2 is 2.44 bits per heavy atom. The summed E-state index contributed by atoms with van der Waals surface area (Å²) in [6.45, 7) is 1.39. The molecule has 0 spiro atoms. The number of nitrogens with zero attached hydrogens (tertiary/aromatic N) is 4. The van der Waals surface area contributed by atoms with E-state index in [1.807, 2.05) is 13.2 Å². The first-order valence-electron chi connectivity index (χ1n) is 4.85. The van der Waals surface area contributed by atoms with E-state index in [0.717, 1.165) is 17.2 Å². The van der Waals surface area contributed by atoms with Gasteiger partial charge in [-0.25, -0.2) is 0 Å². The molecule has 0 aromatic carbocycles. The molecule has 7 heteroatoms. The van der Waals surface area contributed by atoms with Crippen molar-refractivity contribution in [2.24, 2.45) is 7.05 Å². The molecule has 0 aliphatic rings. The van der Waals surface area contributed by atoms with Crippen molar-refractivity contribution in [1.82, 2.24) is 19.1 Å². The Bertz CT molecular complexity index is 452. The van der Waals surface area contributed by atoms with E-state index in [1.54, 1.807) is 18.0 Å². The minimum absolute atomic E-state index is 0.655. The molecule has 0 aliphatic carbocycles. The van der Waals surface area contributed by atoms with Crippen molar-refractivity contribution in [3.8, 4) is 11.4 Å². The number of methoxy groups -OCH3 is 1. The van der Waals surface area contributed by atoms with E-state index in [1.165, 1.54) is 11.5 Å². The van der Waals surface area contributed by atoms with E-state index in [9.17, 15) is 0 Å². The average molecular weight is 239 g/mol. The number of rotatable bonds is 5. The molecule has 6 nitrogen and oxygen atoms in total. The molecule has 86 valence electrons. The molecule has 0 saturated carbocycles. The third kappa shape index (κ3) is 2.56. The fraction of sp³-hybridized carbons (Fsp3) is 0.444. The van der Waals surface area contributed by atoms with Gasteiger partial charge in [-0.3, -0.25) is 4.68 Å². The predicted molar refractivity (Wildman–Crippen MR) is 62.5 cm³/mol. The van der Waals surface area contributed by atoms with Crippen LogP contribution in [-0.4, -0.2) is 39.4 Å². The molecule has 0 aliphatic heterocycles. The molecule has 0 unspecified atom stereocenters. The molecule has 0 bridgehead atoms. The molecular weight excluding hydrogens is 226 g/mol. The Morgan fingerprint density at radius 3 is 3.12 bits per heavy atom. The topological polar surface area (TPSA) is 64.9 Å². The molecule has 0 atom stereocenters. The Kier molecular flexibility index (Phi) is 3.47. The first-order chi connectivity index (χ1) is 7.79. The van der Waals surface area contributed by atoms with Crippen molar-refractivity contribution in [1.29, 1.82) is 0 Å². The van der Waals surface area contributed by atoms with Gasteiger partial charge in [0.2, 0.25) is 5.13 Å². The molecule has 2 aromatic heterocycles. The first kappa shape index (κ1) is 11.0. The smallest absolute Gasteiger partial charge is 0.202 e. The number of nitrogens with one attached hydrogen (secondary N) is 1. The van der Waals surface area contributed by atoms with E-state index in [4.69, 9.17) is 4.74 Å². The summed E-state index contributed by atoms with van der Waals surface area (Å²) in [4.78, 5) is 4.35. The van der Waals surface area contributed by atoms with Crippen LogP contribution >= 0.6 is 11.5 Å². The van der Waals surface area contributed by atoms with Gasteiger partial charge in [0.1, 0.15) is 0 Å². The Labute approximate surface area is 97.4 Å². The average Bonchev–Trinajstić information content (AvgIpc) is 2.87. The van der Waals surface area contributed by atoms with E-state index in [2.05, 4.69) is 19.8 Å². The predicted octanol–water partition coefficient (Wildman–Crippen LogP) is 0.997. The van der Waals surface area contributed by atoms with Crippen LogP contribution < -0.4 is 5.32 Å². The Balaban J connectivity index is 2.02. The van der Waals surface area contributed by atoms with Gasteiger partial charge in [0, 0.05) is 38.4 Å². The fourth-order valence-corrected chi connectivity index (χ4v) is 1.82. The minimum Gasteiger partial charge on any atom is -0.383 e. The van der Waals surface area contributed by atoms with Gasteiger partial charge in [-0.05, 0) is 0 Å². The van der Waals surface area contributed by atoms with Crippen LogP contribution in [0.4, 0.5) is 5.13 Å². The van der Waals surface area contributed by atoms with Crippen LogP contribution in [0.1, 0.15) is 0 Å². The monoisotopic (exact) mass is 239 g/mol. The van der Waals surface area contributed by atoms with Gasteiger partial charge in [-0.2, -0.15) is 14.5 Å². The lowest BCUT2D eigenvalue weighted by atomic mass is 10.3. The SMILES string of the molecule is COCCNc1nc(-c2cnn(C)c2)ns1. The number of hydrogen-bond donors (Lipinski definition) is 1. The summed E-state index contributed by atoms with van der Waals surface area (Å²) in [7, 11) is 3.54. The van der Waals surface area contributed by atoms with Gasteiger partial charge in [-0.15, -0.1) is 0 Å². The summed E-state index contributed by atoms with van der Waals surface area (Å²) >= 11 is 1.34. The summed E-state index contributed by atoms with van der Waals surface area (Å²) in [5.74, 6) is 0.706. The van der Waals surface area contributed by atoms with Crippen LogP contribution in [0.5, 0.6) is 0 Å². The van der Waals surface area contributed by atoms with Crippen molar-refractivity contribution in [3.63, 3.8) is 0 Å². The highest BCUT2D eigenvalue weighted by Gasteiger charge is 2.07. The summed E-state index contributed by atoms with van der Waals surface area (Å²) < 4.78 is 10.9. The van der Waals surface area contributed by atoms with E-state index in [0.29, 0.717) is 12.4 Å². The maximum absolute atomic E-state index is 4.94. The van der Waals surface area contributed by atoms with Crippen LogP contribution in [0, 0.1) is 0 Å². The van der Waals surface area contributed by atoms with Crippen molar-refractivity contribution < 1.29 is 4.74 Å². The quantitative estimate of drug-likeness (QED) is 0.788. The highest BCUT2D eigenvalue weighted by Crippen LogP contribution is 2.19. The molecule has 0 amide bonds. The van der Waals surface area contributed by atoms with Crippen molar-refractivity contribution in [2.75, 3.05) is 25.6 Å².